The van der Waals surface area contributed by atoms with E-state index in [4.69, 9.17) is 21.1 Å². The molecule has 3 aromatic carbocycles. The summed E-state index contributed by atoms with van der Waals surface area (Å²) in [7, 11) is 1.30. The Bertz CT molecular complexity index is 2100. The predicted octanol–water partition coefficient (Wildman–Crippen LogP) is 5.93. The molecule has 1 unspecified atom stereocenters. The predicted molar refractivity (Wildman–Crippen MR) is 209 cm³/mol. The maximum absolute atomic E-state index is 15.6. The third-order valence-electron chi connectivity index (χ3n) is 9.01. The largest absolute Gasteiger partial charge is 0.497 e. The molecule has 0 bridgehead atoms. The van der Waals surface area contributed by atoms with Crippen molar-refractivity contribution in [2.45, 2.75) is 83.3 Å². The van der Waals surface area contributed by atoms with Crippen molar-refractivity contribution in [3.63, 3.8) is 0 Å². The highest BCUT2D eigenvalue weighted by Crippen LogP contribution is 2.31. The normalized spacial score (nSPS) is 14.1. The minimum absolute atomic E-state index is 0.0718. The van der Waals surface area contributed by atoms with Gasteiger partial charge in [0.2, 0.25) is 17.6 Å². The lowest BCUT2D eigenvalue weighted by Crippen LogP contribution is -2.59. The second-order valence-corrected chi connectivity index (χ2v) is 15.8. The van der Waals surface area contributed by atoms with Crippen molar-refractivity contribution in [3.8, 4) is 11.5 Å². The van der Waals surface area contributed by atoms with Gasteiger partial charge in [0, 0.05) is 22.4 Å². The van der Waals surface area contributed by atoms with Gasteiger partial charge in [-0.25, -0.2) is 4.79 Å². The molecule has 0 saturated carbocycles. The van der Waals surface area contributed by atoms with Gasteiger partial charge in [-0.15, -0.1) is 0 Å². The number of ether oxygens (including phenoxy) is 2. The van der Waals surface area contributed by atoms with E-state index in [1.165, 1.54) is 75.6 Å². The van der Waals surface area contributed by atoms with Crippen LogP contribution in [0, 0.1) is 11.3 Å². The summed E-state index contributed by atoms with van der Waals surface area (Å²) in [5.41, 5.74) is -1.62. The first kappa shape index (κ1) is 50.4. The maximum atomic E-state index is 15.6. The number of amides is 4. The molecular weight excluding hydrogens is 861 g/mol. The van der Waals surface area contributed by atoms with E-state index < -0.39 is 107 Å². The van der Waals surface area contributed by atoms with Gasteiger partial charge < -0.3 is 35.8 Å². The number of nitrogens with one attached hydrogen (secondary N) is 4. The van der Waals surface area contributed by atoms with Crippen molar-refractivity contribution in [1.29, 1.82) is 0 Å². The zero-order valence-corrected chi connectivity index (χ0v) is 34.7. The lowest BCUT2D eigenvalue weighted by Gasteiger charge is -2.29. The molecule has 5 N–H and O–H groups in total. The van der Waals surface area contributed by atoms with Crippen LogP contribution in [0.5, 0.6) is 11.5 Å². The summed E-state index contributed by atoms with van der Waals surface area (Å²) in [4.78, 5) is 78.3. The minimum Gasteiger partial charge on any atom is -0.497 e. The summed E-state index contributed by atoms with van der Waals surface area (Å²) in [6.45, 7) is 5.02. The molecule has 0 saturated heterocycles. The molecule has 4 atom stereocenters. The Balaban J connectivity index is 2.05. The molecule has 0 spiro atoms. The van der Waals surface area contributed by atoms with Crippen LogP contribution >= 0.6 is 11.6 Å². The molecule has 13 nitrogen and oxygen atoms in total. The van der Waals surface area contributed by atoms with Crippen LogP contribution in [0.3, 0.4) is 0 Å². The van der Waals surface area contributed by atoms with Crippen LogP contribution in [-0.4, -0.2) is 84.4 Å². The molecule has 62 heavy (non-hydrogen) atoms. The standard InChI is InChI=1S/C41H44ClF7N4O9/c1-21(2)29(31(54)41(48,49)36(59)50-20-39(43,44)45)52-34(56)30(23-12-16-26(61-6)17-13-23)53-33(55)28(51-37(60)40(46,47)24-8-7-9-25(42)19-24)18-22-10-14-27(15-11-22)62-32(35(57)58)38(3,4)5/h7-17,19,21,28-30,32H,18,20H2,1-6H3,(H,50,59)(H,51,60)(H,52,56)(H,53,55)(H,57,58)/t28-,29-,30-,32?/m0/s1. The fourth-order valence-electron chi connectivity index (χ4n) is 5.66. The van der Waals surface area contributed by atoms with Crippen LogP contribution in [0.2, 0.25) is 5.02 Å². The summed E-state index contributed by atoms with van der Waals surface area (Å²) in [6, 6.07) is 8.42. The van der Waals surface area contributed by atoms with E-state index in [0.29, 0.717) is 0 Å². The number of benzene rings is 3. The zero-order valence-electron chi connectivity index (χ0n) is 34.0. The van der Waals surface area contributed by atoms with E-state index in [1.54, 1.807) is 20.8 Å². The second kappa shape index (κ2) is 20.3. The Labute approximate surface area is 356 Å². The molecule has 3 rings (SSSR count). The van der Waals surface area contributed by atoms with Crippen molar-refractivity contribution in [2.24, 2.45) is 11.3 Å². The van der Waals surface area contributed by atoms with Crippen molar-refractivity contribution in [3.05, 3.63) is 94.5 Å². The Morgan fingerprint density at radius 3 is 1.84 bits per heavy atom. The molecule has 0 aliphatic heterocycles. The number of carbonyl (C=O) groups is 6. The summed E-state index contributed by atoms with van der Waals surface area (Å²) in [6.07, 6.45) is -6.97. The molecule has 21 heteroatoms. The number of hydrogen-bond acceptors (Lipinski definition) is 8. The average Bonchev–Trinajstić information content (AvgIpc) is 3.18. The zero-order chi connectivity index (χ0) is 47.0. The number of aliphatic carboxylic acids is 1. The van der Waals surface area contributed by atoms with Gasteiger partial charge in [-0.1, -0.05) is 82.6 Å². The second-order valence-electron chi connectivity index (χ2n) is 15.3. The van der Waals surface area contributed by atoms with Gasteiger partial charge in [0.05, 0.1) is 13.2 Å². The molecule has 0 aliphatic rings. The number of Topliss-reactive ketones (excluding diaryl/α,β-unsaturated/α-hetero) is 1. The Morgan fingerprint density at radius 2 is 1.34 bits per heavy atom. The van der Waals surface area contributed by atoms with Gasteiger partial charge >= 0.3 is 24.0 Å². The summed E-state index contributed by atoms with van der Waals surface area (Å²) in [5.74, 6) is -21.1. The molecule has 0 heterocycles. The van der Waals surface area contributed by atoms with Crippen LogP contribution in [-0.2, 0) is 41.1 Å². The van der Waals surface area contributed by atoms with Gasteiger partial charge in [-0.3, -0.25) is 24.0 Å². The fourth-order valence-corrected chi connectivity index (χ4v) is 5.85. The Morgan fingerprint density at radius 1 is 0.758 bits per heavy atom. The fraction of sp³-hybridized carbons (Fsp3) is 0.415. The topological polar surface area (TPSA) is 189 Å². The number of carbonyl (C=O) groups excluding carboxylic acids is 5. The number of carboxylic acid groups (broad SMARTS) is 1. The molecule has 338 valence electrons. The molecule has 0 aromatic heterocycles. The first-order valence-corrected chi connectivity index (χ1v) is 18.9. The van der Waals surface area contributed by atoms with Crippen LogP contribution in [0.25, 0.3) is 0 Å². The smallest absolute Gasteiger partial charge is 0.405 e. The van der Waals surface area contributed by atoms with E-state index in [0.717, 1.165) is 23.5 Å². The van der Waals surface area contributed by atoms with Crippen LogP contribution in [0.1, 0.15) is 57.4 Å². The quantitative estimate of drug-likeness (QED) is 0.0718. The molecule has 0 radical (unpaired) electrons. The van der Waals surface area contributed by atoms with Crippen LogP contribution in [0.15, 0.2) is 72.8 Å². The van der Waals surface area contributed by atoms with Crippen molar-refractivity contribution < 1.29 is 74.1 Å². The first-order chi connectivity index (χ1) is 28.6. The van der Waals surface area contributed by atoms with E-state index in [9.17, 15) is 47.0 Å². The monoisotopic (exact) mass is 904 g/mol. The number of hydrogen-bond donors (Lipinski definition) is 5. The first-order valence-electron chi connectivity index (χ1n) is 18.5. The SMILES string of the molecule is COc1ccc([C@H](NC(=O)[C@H](Cc2ccc(OC(C(=O)O)C(C)(C)C)cc2)NC(=O)C(F)(F)c2cccc(Cl)c2)C(=O)N[C@H](C(=O)C(F)(F)C(=O)NCC(F)(F)F)C(C)C)cc1. The van der Waals surface area contributed by atoms with Gasteiger partial charge in [0.25, 0.3) is 11.8 Å². The number of alkyl halides is 7. The third-order valence-corrected chi connectivity index (χ3v) is 9.25. The number of halogens is 8. The summed E-state index contributed by atoms with van der Waals surface area (Å²) < 4.78 is 110. The number of ketones is 1. The summed E-state index contributed by atoms with van der Waals surface area (Å²) in [5, 5.41) is 16.7. The van der Waals surface area contributed by atoms with Crippen molar-refractivity contribution in [2.75, 3.05) is 13.7 Å². The Hall–Kier alpha value is -5.92. The minimum atomic E-state index is -5.11. The average molecular weight is 905 g/mol. The molecular formula is C41H44ClF7N4O9. The van der Waals surface area contributed by atoms with Crippen molar-refractivity contribution >= 4 is 47.0 Å². The van der Waals surface area contributed by atoms with Crippen molar-refractivity contribution in [1.82, 2.24) is 21.3 Å². The van der Waals surface area contributed by atoms with E-state index in [2.05, 4.69) is 5.32 Å². The van der Waals surface area contributed by atoms with Gasteiger partial charge in [0.15, 0.2) is 6.10 Å². The van der Waals surface area contributed by atoms with Gasteiger partial charge in [0.1, 0.15) is 30.1 Å². The van der Waals surface area contributed by atoms with Gasteiger partial charge in [-0.2, -0.15) is 30.7 Å². The maximum Gasteiger partial charge on any atom is 0.405 e. The lowest BCUT2D eigenvalue weighted by molar-refractivity contribution is -0.165. The highest BCUT2D eigenvalue weighted by molar-refractivity contribution is 6.30. The van der Waals surface area contributed by atoms with Crippen LogP contribution in [0.4, 0.5) is 30.7 Å². The number of carboxylic acids is 1. The third kappa shape index (κ3) is 13.5. The van der Waals surface area contributed by atoms with E-state index in [-0.39, 0.29) is 27.6 Å². The lowest BCUT2D eigenvalue weighted by atomic mass is 9.89. The highest BCUT2D eigenvalue weighted by Gasteiger charge is 2.52. The summed E-state index contributed by atoms with van der Waals surface area (Å²) >= 11 is 5.87. The van der Waals surface area contributed by atoms with E-state index >= 15 is 17.6 Å². The van der Waals surface area contributed by atoms with Gasteiger partial charge in [-0.05, 0) is 53.4 Å². The molecule has 0 aliphatic carbocycles. The molecule has 3 aromatic rings. The number of rotatable bonds is 19. The Kier molecular flexibility index (Phi) is 16.5. The highest BCUT2D eigenvalue weighted by atomic mass is 35.5. The number of methoxy groups -OCH3 is 1. The molecule has 4 amide bonds. The van der Waals surface area contributed by atoms with Crippen LogP contribution < -0.4 is 30.7 Å². The molecule has 0 fully saturated rings. The van der Waals surface area contributed by atoms with E-state index in [1.807, 2.05) is 10.6 Å².